The average Bonchev–Trinajstić information content (AvgIpc) is 2.02. The summed E-state index contributed by atoms with van der Waals surface area (Å²) in [6.07, 6.45) is 1.50. The van der Waals surface area contributed by atoms with E-state index in [1.807, 2.05) is 0 Å². The first-order valence-electron chi connectivity index (χ1n) is 3.23. The standard InChI is InChI=1S/C6H6O3.C3H5/c7-4-2-1-3-5(8)6(4)9;1-3-2/h1-3,7-9H;3H,1-2H2. The van der Waals surface area contributed by atoms with Gasteiger partial charge in [0.1, 0.15) is 0 Å². The van der Waals surface area contributed by atoms with Gasteiger partial charge in [0.25, 0.3) is 0 Å². The molecular weight excluding hydrogens is 156 g/mol. The van der Waals surface area contributed by atoms with E-state index in [1.54, 1.807) is 0 Å². The quantitative estimate of drug-likeness (QED) is 0.516. The number of para-hydroxylation sites is 1. The van der Waals surface area contributed by atoms with Gasteiger partial charge in [0, 0.05) is 0 Å². The molecule has 65 valence electrons. The number of benzene rings is 1. The summed E-state index contributed by atoms with van der Waals surface area (Å²) < 4.78 is 0. The second kappa shape index (κ2) is 5.07. The maximum Gasteiger partial charge on any atom is 0.200 e. The van der Waals surface area contributed by atoms with Crippen LogP contribution in [0.1, 0.15) is 0 Å². The van der Waals surface area contributed by atoms with Crippen molar-refractivity contribution in [2.24, 2.45) is 0 Å². The van der Waals surface area contributed by atoms with Crippen molar-refractivity contribution in [3.8, 4) is 17.2 Å². The Balaban J connectivity index is 0.000000354. The predicted molar refractivity (Wildman–Crippen MR) is 47.0 cm³/mol. The summed E-state index contributed by atoms with van der Waals surface area (Å²) in [6.45, 7) is 6.50. The normalized spacial score (nSPS) is 8.08. The summed E-state index contributed by atoms with van der Waals surface area (Å²) in [5.41, 5.74) is 0. The van der Waals surface area contributed by atoms with Gasteiger partial charge >= 0.3 is 0 Å². The Kier molecular flexibility index (Phi) is 4.38. The lowest BCUT2D eigenvalue weighted by atomic mass is 10.3. The molecule has 3 heteroatoms. The lowest BCUT2D eigenvalue weighted by molar-refractivity contribution is 0.368. The third-order valence-corrected chi connectivity index (χ3v) is 0.993. The molecule has 0 amide bonds. The van der Waals surface area contributed by atoms with E-state index < -0.39 is 5.75 Å². The van der Waals surface area contributed by atoms with Gasteiger partial charge in [-0.2, -0.15) is 0 Å². The van der Waals surface area contributed by atoms with Crippen molar-refractivity contribution in [1.82, 2.24) is 0 Å². The Morgan fingerprint density at radius 3 is 1.67 bits per heavy atom. The Hall–Kier alpha value is -1.64. The summed E-state index contributed by atoms with van der Waals surface area (Å²) in [5.74, 6) is -1.09. The highest BCUT2D eigenvalue weighted by molar-refractivity contribution is 5.47. The van der Waals surface area contributed by atoms with Crippen LogP contribution >= 0.6 is 0 Å². The first-order valence-corrected chi connectivity index (χ1v) is 3.23. The molecular formula is C9H11O3. The molecule has 0 aromatic heterocycles. The molecule has 0 unspecified atom stereocenters. The molecule has 0 aliphatic carbocycles. The number of allylic oxidation sites excluding steroid dienone is 1. The van der Waals surface area contributed by atoms with E-state index in [0.717, 1.165) is 0 Å². The van der Waals surface area contributed by atoms with Crippen molar-refractivity contribution >= 4 is 0 Å². The van der Waals surface area contributed by atoms with Gasteiger partial charge < -0.3 is 15.3 Å². The Bertz CT molecular complexity index is 236. The van der Waals surface area contributed by atoms with Gasteiger partial charge in [-0.25, -0.2) is 0 Å². The minimum absolute atomic E-state index is 0.310. The third-order valence-electron chi connectivity index (χ3n) is 0.993. The number of aromatic hydroxyl groups is 3. The molecule has 0 aliphatic rings. The summed E-state index contributed by atoms with van der Waals surface area (Å²) in [4.78, 5) is 0. The molecule has 0 fully saturated rings. The maximum atomic E-state index is 8.71. The zero-order valence-corrected chi connectivity index (χ0v) is 6.57. The van der Waals surface area contributed by atoms with E-state index >= 15 is 0 Å². The fourth-order valence-electron chi connectivity index (χ4n) is 0.519. The van der Waals surface area contributed by atoms with Gasteiger partial charge in [0.15, 0.2) is 17.2 Å². The average molecular weight is 167 g/mol. The molecule has 0 aliphatic heterocycles. The minimum Gasteiger partial charge on any atom is -0.504 e. The molecule has 1 rings (SSSR count). The first-order chi connectivity index (χ1) is 5.63. The van der Waals surface area contributed by atoms with Gasteiger partial charge in [0.2, 0.25) is 0 Å². The third kappa shape index (κ3) is 2.96. The number of rotatable bonds is 0. The molecule has 1 radical (unpaired) electrons. The number of phenols is 3. The molecule has 3 N–H and O–H groups in total. The summed E-state index contributed by atoms with van der Waals surface area (Å²) in [6, 6.07) is 4.01. The summed E-state index contributed by atoms with van der Waals surface area (Å²) in [5, 5.41) is 26.1. The lowest BCUT2D eigenvalue weighted by Gasteiger charge is -1.96. The van der Waals surface area contributed by atoms with Gasteiger partial charge in [-0.05, 0) is 19.1 Å². The molecule has 1 aromatic rings. The van der Waals surface area contributed by atoms with E-state index in [0.29, 0.717) is 0 Å². The largest absolute Gasteiger partial charge is 0.504 e. The van der Waals surface area contributed by atoms with Gasteiger partial charge in [-0.3, -0.25) is 0 Å². The fraction of sp³-hybridized carbons (Fsp3) is 0. The van der Waals surface area contributed by atoms with Crippen LogP contribution in [0.4, 0.5) is 0 Å². The second-order valence-corrected chi connectivity index (χ2v) is 1.93. The highest BCUT2D eigenvalue weighted by atomic mass is 16.3. The van der Waals surface area contributed by atoms with Gasteiger partial charge in [0.05, 0.1) is 0 Å². The van der Waals surface area contributed by atoms with E-state index in [9.17, 15) is 0 Å². The molecule has 0 heterocycles. The summed E-state index contributed by atoms with van der Waals surface area (Å²) in [7, 11) is 0. The molecule has 0 saturated heterocycles. The van der Waals surface area contributed by atoms with Crippen LogP contribution in [0.5, 0.6) is 17.2 Å². The van der Waals surface area contributed by atoms with Crippen LogP contribution in [0.3, 0.4) is 0 Å². The predicted octanol–water partition coefficient (Wildman–Crippen LogP) is 1.81. The van der Waals surface area contributed by atoms with Crippen molar-refractivity contribution < 1.29 is 15.3 Å². The van der Waals surface area contributed by atoms with Crippen LogP contribution in [-0.4, -0.2) is 15.3 Å². The van der Waals surface area contributed by atoms with Crippen molar-refractivity contribution in [2.45, 2.75) is 0 Å². The van der Waals surface area contributed by atoms with E-state index in [1.165, 1.54) is 24.3 Å². The van der Waals surface area contributed by atoms with E-state index in [-0.39, 0.29) is 11.5 Å². The fourth-order valence-corrected chi connectivity index (χ4v) is 0.519. The Morgan fingerprint density at radius 1 is 1.08 bits per heavy atom. The van der Waals surface area contributed by atoms with E-state index in [2.05, 4.69) is 13.5 Å². The lowest BCUT2D eigenvalue weighted by Crippen LogP contribution is -1.67. The zero-order valence-electron chi connectivity index (χ0n) is 6.57. The topological polar surface area (TPSA) is 60.7 Å². The van der Waals surface area contributed by atoms with Crippen LogP contribution < -0.4 is 0 Å². The van der Waals surface area contributed by atoms with Crippen LogP contribution in [0, 0.1) is 6.92 Å². The first kappa shape index (κ1) is 10.4. The second-order valence-electron chi connectivity index (χ2n) is 1.93. The van der Waals surface area contributed by atoms with Crippen molar-refractivity contribution in [3.63, 3.8) is 0 Å². The SMILES string of the molecule is Oc1cccc(O)c1O.[CH2]C=C. The van der Waals surface area contributed by atoms with E-state index in [4.69, 9.17) is 15.3 Å². The molecule has 3 nitrogen and oxygen atoms in total. The number of hydrogen-bond donors (Lipinski definition) is 3. The van der Waals surface area contributed by atoms with Gasteiger partial charge in [-0.15, -0.1) is 6.58 Å². The zero-order chi connectivity index (χ0) is 9.56. The highest BCUT2D eigenvalue weighted by Gasteiger charge is 2.00. The van der Waals surface area contributed by atoms with Crippen LogP contribution in [-0.2, 0) is 0 Å². The smallest absolute Gasteiger partial charge is 0.200 e. The number of hydrogen-bond acceptors (Lipinski definition) is 3. The van der Waals surface area contributed by atoms with Crippen molar-refractivity contribution in [2.75, 3.05) is 0 Å². The van der Waals surface area contributed by atoms with Crippen molar-refractivity contribution in [1.29, 1.82) is 0 Å². The maximum absolute atomic E-state index is 8.71. The van der Waals surface area contributed by atoms with Crippen LogP contribution in [0.25, 0.3) is 0 Å². The van der Waals surface area contributed by atoms with Crippen molar-refractivity contribution in [3.05, 3.63) is 37.8 Å². The molecule has 0 saturated carbocycles. The number of phenolic OH excluding ortho intramolecular Hbond substituents is 3. The summed E-state index contributed by atoms with van der Waals surface area (Å²) >= 11 is 0. The van der Waals surface area contributed by atoms with Gasteiger partial charge in [-0.1, -0.05) is 12.1 Å². The molecule has 12 heavy (non-hydrogen) atoms. The molecule has 0 bridgehead atoms. The highest BCUT2D eigenvalue weighted by Crippen LogP contribution is 2.32. The monoisotopic (exact) mass is 167 g/mol. The molecule has 0 spiro atoms. The Labute approximate surface area is 71.2 Å². The van der Waals surface area contributed by atoms with Crippen LogP contribution in [0.2, 0.25) is 0 Å². The molecule has 0 atom stereocenters. The molecule has 1 aromatic carbocycles. The minimum atomic E-state index is -0.475. The Morgan fingerprint density at radius 2 is 1.42 bits per heavy atom. The van der Waals surface area contributed by atoms with Crippen LogP contribution in [0.15, 0.2) is 30.9 Å².